The van der Waals surface area contributed by atoms with Crippen molar-refractivity contribution >= 4 is 27.9 Å². The van der Waals surface area contributed by atoms with Crippen molar-refractivity contribution in [2.45, 2.75) is 64.1 Å². The molecule has 2 aliphatic rings. The average Bonchev–Trinajstić information content (AvgIpc) is 2.76. The fourth-order valence-electron chi connectivity index (χ4n) is 4.18. The number of rotatable bonds is 5. The summed E-state index contributed by atoms with van der Waals surface area (Å²) in [5.74, 6) is -0.0403. The first kappa shape index (κ1) is 23.8. The van der Waals surface area contributed by atoms with Crippen LogP contribution in [0.5, 0.6) is 5.88 Å². The van der Waals surface area contributed by atoms with Crippen LogP contribution >= 0.6 is 15.9 Å². The molecular weight excluding hydrogens is 464 g/mol. The van der Waals surface area contributed by atoms with Crippen LogP contribution in [-0.2, 0) is 0 Å². The van der Waals surface area contributed by atoms with E-state index in [0.717, 1.165) is 25.7 Å². The van der Waals surface area contributed by atoms with Gasteiger partial charge in [0.05, 0.1) is 19.2 Å². The van der Waals surface area contributed by atoms with Crippen LogP contribution in [0.25, 0.3) is 0 Å². The molecule has 8 nitrogen and oxygen atoms in total. The van der Waals surface area contributed by atoms with E-state index in [2.05, 4.69) is 26.2 Å². The summed E-state index contributed by atoms with van der Waals surface area (Å²) in [7, 11) is 1.77. The lowest BCUT2D eigenvalue weighted by Crippen LogP contribution is -2.52. The second-order valence-corrected chi connectivity index (χ2v) is 9.71. The maximum atomic E-state index is 13.1. The van der Waals surface area contributed by atoms with Gasteiger partial charge >= 0.3 is 6.03 Å². The molecule has 0 bridgehead atoms. The Morgan fingerprint density at radius 1 is 1.42 bits per heavy atom. The summed E-state index contributed by atoms with van der Waals surface area (Å²) in [6.45, 7) is 4.45. The standard InChI is InChI=1S/C22H33BrN4O4/c1-14-11-27(15(2)13-28)21(29)18-9-16(23)10-24-20(18)31-19(14)12-26(3)22(30)25-17-7-5-4-6-8-17/h9-10,14-15,17,19,28H,4-8,11-13H2,1-3H3,(H,25,30)/t14-,15+,19+/m0/s1. The first-order valence-electron chi connectivity index (χ1n) is 11.1. The molecule has 0 unspecified atom stereocenters. The number of aliphatic hydroxyl groups excluding tert-OH is 1. The maximum Gasteiger partial charge on any atom is 0.317 e. The number of pyridine rings is 1. The van der Waals surface area contributed by atoms with Crippen LogP contribution in [0.3, 0.4) is 0 Å². The Hall–Kier alpha value is -1.87. The molecule has 3 rings (SSSR count). The minimum atomic E-state index is -0.351. The molecule has 3 atom stereocenters. The van der Waals surface area contributed by atoms with E-state index in [1.54, 1.807) is 29.1 Å². The molecule has 0 radical (unpaired) electrons. The summed E-state index contributed by atoms with van der Waals surface area (Å²) in [5, 5.41) is 12.8. The molecule has 0 saturated heterocycles. The fourth-order valence-corrected chi connectivity index (χ4v) is 4.51. The van der Waals surface area contributed by atoms with Gasteiger partial charge in [0.1, 0.15) is 11.7 Å². The van der Waals surface area contributed by atoms with Gasteiger partial charge in [0.15, 0.2) is 0 Å². The molecule has 172 valence electrons. The van der Waals surface area contributed by atoms with Crippen LogP contribution in [-0.4, -0.2) is 76.8 Å². The van der Waals surface area contributed by atoms with Crippen LogP contribution in [0.2, 0.25) is 0 Å². The number of hydrogen-bond acceptors (Lipinski definition) is 5. The minimum absolute atomic E-state index is 0.0681. The van der Waals surface area contributed by atoms with Crippen molar-refractivity contribution in [1.29, 1.82) is 0 Å². The number of nitrogens with one attached hydrogen (secondary N) is 1. The summed E-state index contributed by atoms with van der Waals surface area (Å²) in [4.78, 5) is 33.5. The molecule has 0 spiro atoms. The summed E-state index contributed by atoms with van der Waals surface area (Å²) in [5.41, 5.74) is 0.348. The number of halogens is 1. The topological polar surface area (TPSA) is 95.0 Å². The maximum absolute atomic E-state index is 13.1. The Kier molecular flexibility index (Phi) is 8.16. The summed E-state index contributed by atoms with van der Waals surface area (Å²) >= 11 is 3.37. The highest BCUT2D eigenvalue weighted by molar-refractivity contribution is 9.10. The van der Waals surface area contributed by atoms with E-state index < -0.39 is 0 Å². The van der Waals surface area contributed by atoms with E-state index in [-0.39, 0.29) is 48.5 Å². The molecule has 1 fully saturated rings. The highest BCUT2D eigenvalue weighted by Crippen LogP contribution is 2.28. The number of urea groups is 1. The molecule has 2 N–H and O–H groups in total. The van der Waals surface area contributed by atoms with Gasteiger partial charge in [-0.05, 0) is 41.8 Å². The van der Waals surface area contributed by atoms with Crippen molar-refractivity contribution < 1.29 is 19.4 Å². The van der Waals surface area contributed by atoms with Gasteiger partial charge in [0.2, 0.25) is 5.88 Å². The zero-order chi connectivity index (χ0) is 22.5. The molecule has 1 aliphatic heterocycles. The predicted molar refractivity (Wildman–Crippen MR) is 121 cm³/mol. The van der Waals surface area contributed by atoms with Crippen molar-refractivity contribution in [3.05, 3.63) is 22.3 Å². The Bertz CT molecular complexity index is 787. The molecule has 3 amide bonds. The highest BCUT2D eigenvalue weighted by Gasteiger charge is 2.34. The number of carbonyl (C=O) groups is 2. The minimum Gasteiger partial charge on any atom is -0.472 e. The number of amides is 3. The number of hydrogen-bond donors (Lipinski definition) is 2. The number of carbonyl (C=O) groups excluding carboxylic acids is 2. The predicted octanol–water partition coefficient (Wildman–Crippen LogP) is 3.04. The number of ether oxygens (including phenoxy) is 1. The van der Waals surface area contributed by atoms with Crippen molar-refractivity contribution in [3.8, 4) is 5.88 Å². The zero-order valence-electron chi connectivity index (χ0n) is 18.5. The Balaban J connectivity index is 1.78. The zero-order valence-corrected chi connectivity index (χ0v) is 20.1. The molecule has 1 aromatic heterocycles. The van der Waals surface area contributed by atoms with E-state index in [0.29, 0.717) is 23.1 Å². The van der Waals surface area contributed by atoms with Crippen LogP contribution in [0.1, 0.15) is 56.3 Å². The largest absolute Gasteiger partial charge is 0.472 e. The first-order chi connectivity index (χ1) is 14.8. The summed E-state index contributed by atoms with van der Waals surface area (Å²) < 4.78 is 6.86. The highest BCUT2D eigenvalue weighted by atomic mass is 79.9. The van der Waals surface area contributed by atoms with Gasteiger partial charge in [-0.25, -0.2) is 9.78 Å². The van der Waals surface area contributed by atoms with Gasteiger partial charge in [0.25, 0.3) is 5.91 Å². The second kappa shape index (κ2) is 10.6. The van der Waals surface area contributed by atoms with Crippen LogP contribution < -0.4 is 10.1 Å². The van der Waals surface area contributed by atoms with E-state index in [4.69, 9.17) is 4.74 Å². The van der Waals surface area contributed by atoms with E-state index >= 15 is 0 Å². The number of fused-ring (bicyclic) bond motifs is 1. The van der Waals surface area contributed by atoms with Gasteiger partial charge in [-0.15, -0.1) is 0 Å². The lowest BCUT2D eigenvalue weighted by molar-refractivity contribution is 0.0351. The molecular formula is C22H33BrN4O4. The van der Waals surface area contributed by atoms with Crippen molar-refractivity contribution in [3.63, 3.8) is 0 Å². The third kappa shape index (κ3) is 5.88. The normalized spacial score (nSPS) is 23.3. The first-order valence-corrected chi connectivity index (χ1v) is 11.8. The Morgan fingerprint density at radius 2 is 2.13 bits per heavy atom. The molecule has 9 heteroatoms. The monoisotopic (exact) mass is 496 g/mol. The van der Waals surface area contributed by atoms with Gasteiger partial charge < -0.3 is 25.0 Å². The summed E-state index contributed by atoms with van der Waals surface area (Å²) in [6, 6.07) is 1.48. The quantitative estimate of drug-likeness (QED) is 0.652. The van der Waals surface area contributed by atoms with Crippen LogP contribution in [0.4, 0.5) is 4.79 Å². The van der Waals surface area contributed by atoms with Crippen LogP contribution in [0.15, 0.2) is 16.7 Å². The van der Waals surface area contributed by atoms with Gasteiger partial charge in [-0.3, -0.25) is 4.79 Å². The summed E-state index contributed by atoms with van der Waals surface area (Å²) in [6.07, 6.45) is 6.84. The Morgan fingerprint density at radius 3 is 2.81 bits per heavy atom. The number of nitrogens with zero attached hydrogens (tertiary/aromatic N) is 3. The smallest absolute Gasteiger partial charge is 0.317 e. The molecule has 1 aromatic rings. The van der Waals surface area contributed by atoms with Gasteiger partial charge in [0, 0.05) is 36.2 Å². The van der Waals surface area contributed by atoms with Crippen molar-refractivity contribution in [2.75, 3.05) is 26.7 Å². The average molecular weight is 497 g/mol. The SMILES string of the molecule is C[C@H](CO)N1C[C@H](C)[C@@H](CN(C)C(=O)NC2CCCCC2)Oc2ncc(Br)cc2C1=O. The molecule has 0 aromatic carbocycles. The third-order valence-electron chi connectivity index (χ3n) is 6.22. The van der Waals surface area contributed by atoms with E-state index in [9.17, 15) is 14.7 Å². The molecule has 2 heterocycles. The Labute approximate surface area is 192 Å². The second-order valence-electron chi connectivity index (χ2n) is 8.79. The van der Waals surface area contributed by atoms with Crippen molar-refractivity contribution in [2.24, 2.45) is 5.92 Å². The molecule has 1 saturated carbocycles. The lowest BCUT2D eigenvalue weighted by Gasteiger charge is -2.37. The lowest BCUT2D eigenvalue weighted by atomic mass is 9.96. The molecule has 1 aliphatic carbocycles. The van der Waals surface area contributed by atoms with E-state index in [1.165, 1.54) is 6.42 Å². The van der Waals surface area contributed by atoms with Crippen LogP contribution in [0, 0.1) is 5.92 Å². The molecule has 31 heavy (non-hydrogen) atoms. The number of likely N-dealkylation sites (N-methyl/N-ethyl adjacent to an activating group) is 1. The number of aromatic nitrogens is 1. The third-order valence-corrected chi connectivity index (χ3v) is 6.65. The van der Waals surface area contributed by atoms with E-state index in [1.807, 2.05) is 13.8 Å². The van der Waals surface area contributed by atoms with Crippen molar-refractivity contribution in [1.82, 2.24) is 20.1 Å². The van der Waals surface area contributed by atoms with Gasteiger partial charge in [-0.1, -0.05) is 26.2 Å². The van der Waals surface area contributed by atoms with Gasteiger partial charge in [-0.2, -0.15) is 0 Å². The fraction of sp³-hybridized carbons (Fsp3) is 0.682. The number of aliphatic hydroxyl groups is 1.